The third-order valence-corrected chi connectivity index (χ3v) is 4.22. The van der Waals surface area contributed by atoms with E-state index in [1.54, 1.807) is 0 Å². The van der Waals surface area contributed by atoms with Gasteiger partial charge in [-0.25, -0.2) is 9.97 Å². The monoisotopic (exact) mass is 404 g/mol. The van der Waals surface area contributed by atoms with Crippen LogP contribution in [0.5, 0.6) is 0 Å². The van der Waals surface area contributed by atoms with E-state index in [1.165, 1.54) is 0 Å². The molecule has 0 saturated carbocycles. The van der Waals surface area contributed by atoms with Crippen LogP contribution in [-0.2, 0) is 12.7 Å². The maximum atomic E-state index is 12.7. The zero-order valence-electron chi connectivity index (χ0n) is 12.7. The summed E-state index contributed by atoms with van der Waals surface area (Å²) in [5, 5.41) is 3.01. The lowest BCUT2D eigenvalue weighted by atomic mass is 10.1. The Bertz CT molecular complexity index is 691. The lowest BCUT2D eigenvalue weighted by molar-refractivity contribution is -0.141. The van der Waals surface area contributed by atoms with Gasteiger partial charge in [0.05, 0.1) is 6.54 Å². The highest BCUT2D eigenvalue weighted by Gasteiger charge is 2.33. The molecule has 130 valence electrons. The number of aromatic nitrogens is 2. The minimum absolute atomic E-state index is 0.000589. The van der Waals surface area contributed by atoms with Gasteiger partial charge in [-0.15, -0.1) is 0 Å². The van der Waals surface area contributed by atoms with Gasteiger partial charge in [0, 0.05) is 18.8 Å². The second-order valence-corrected chi connectivity index (χ2v) is 6.47. The van der Waals surface area contributed by atoms with Crippen molar-refractivity contribution in [1.29, 1.82) is 0 Å². The third kappa shape index (κ3) is 4.47. The molecule has 0 aromatic carbocycles. The SMILES string of the molecule is FC(F)(F)c1ccnc(NC2CCCN(Cc3ccc(Br)o3)C2)n1. The number of likely N-dealkylation sites (tertiary alicyclic amines) is 1. The van der Waals surface area contributed by atoms with Crippen molar-refractivity contribution < 1.29 is 17.6 Å². The number of furan rings is 1. The van der Waals surface area contributed by atoms with Crippen molar-refractivity contribution in [1.82, 2.24) is 14.9 Å². The first kappa shape index (κ1) is 17.2. The molecule has 1 aliphatic rings. The number of nitrogens with zero attached hydrogens (tertiary/aromatic N) is 3. The topological polar surface area (TPSA) is 54.2 Å². The zero-order chi connectivity index (χ0) is 17.2. The van der Waals surface area contributed by atoms with Gasteiger partial charge in [-0.3, -0.25) is 4.90 Å². The van der Waals surface area contributed by atoms with Gasteiger partial charge in [0.2, 0.25) is 5.95 Å². The van der Waals surface area contributed by atoms with Crippen LogP contribution in [-0.4, -0.2) is 34.0 Å². The number of rotatable bonds is 4. The van der Waals surface area contributed by atoms with E-state index in [0.29, 0.717) is 17.8 Å². The highest BCUT2D eigenvalue weighted by molar-refractivity contribution is 9.10. The second kappa shape index (κ2) is 7.10. The summed E-state index contributed by atoms with van der Waals surface area (Å²) in [6.45, 7) is 2.27. The normalized spacial score (nSPS) is 19.4. The summed E-state index contributed by atoms with van der Waals surface area (Å²) in [6.07, 6.45) is -1.54. The van der Waals surface area contributed by atoms with Gasteiger partial charge in [-0.1, -0.05) is 0 Å². The molecule has 1 unspecified atom stereocenters. The van der Waals surface area contributed by atoms with Gasteiger partial charge in [-0.05, 0) is 53.5 Å². The fraction of sp³-hybridized carbons (Fsp3) is 0.467. The number of halogens is 4. The molecule has 1 N–H and O–H groups in total. The summed E-state index contributed by atoms with van der Waals surface area (Å²) in [7, 11) is 0. The third-order valence-electron chi connectivity index (χ3n) is 3.79. The molecule has 3 heterocycles. The quantitative estimate of drug-likeness (QED) is 0.836. The van der Waals surface area contributed by atoms with E-state index < -0.39 is 11.9 Å². The first-order chi connectivity index (χ1) is 11.4. The van der Waals surface area contributed by atoms with Gasteiger partial charge in [0.1, 0.15) is 11.5 Å². The maximum Gasteiger partial charge on any atom is 0.433 e. The van der Waals surface area contributed by atoms with Crippen LogP contribution in [0.3, 0.4) is 0 Å². The van der Waals surface area contributed by atoms with Crippen LogP contribution in [0, 0.1) is 0 Å². The van der Waals surface area contributed by atoms with Crippen molar-refractivity contribution in [3.05, 3.63) is 40.5 Å². The Morgan fingerprint density at radius 2 is 2.17 bits per heavy atom. The van der Waals surface area contributed by atoms with E-state index in [0.717, 1.165) is 37.4 Å². The molecule has 2 aromatic heterocycles. The standard InChI is InChI=1S/C15H16BrF3N4O/c16-13-4-3-11(24-13)9-23-7-1-2-10(8-23)21-14-20-6-5-12(22-14)15(17,18)19/h3-6,10H,1-2,7-9H2,(H,20,21,22). The Morgan fingerprint density at radius 3 is 2.88 bits per heavy atom. The minimum Gasteiger partial charge on any atom is -0.453 e. The number of nitrogens with one attached hydrogen (secondary N) is 1. The summed E-state index contributed by atoms with van der Waals surface area (Å²) >= 11 is 3.27. The molecule has 9 heteroatoms. The fourth-order valence-electron chi connectivity index (χ4n) is 2.74. The van der Waals surface area contributed by atoms with E-state index in [4.69, 9.17) is 4.42 Å². The molecule has 1 aliphatic heterocycles. The first-order valence-corrected chi connectivity index (χ1v) is 8.33. The van der Waals surface area contributed by atoms with E-state index in [1.807, 2.05) is 12.1 Å². The number of alkyl halides is 3. The van der Waals surface area contributed by atoms with E-state index in [9.17, 15) is 13.2 Å². The smallest absolute Gasteiger partial charge is 0.433 e. The summed E-state index contributed by atoms with van der Waals surface area (Å²) in [5.41, 5.74) is -0.937. The van der Waals surface area contributed by atoms with Crippen molar-refractivity contribution in [2.45, 2.75) is 31.6 Å². The number of piperidine rings is 1. The molecule has 1 fully saturated rings. The van der Waals surface area contributed by atoms with E-state index in [-0.39, 0.29) is 12.0 Å². The van der Waals surface area contributed by atoms with Gasteiger partial charge >= 0.3 is 6.18 Å². The summed E-state index contributed by atoms with van der Waals surface area (Å²) < 4.78 is 44.3. The van der Waals surface area contributed by atoms with Crippen molar-refractivity contribution in [3.8, 4) is 0 Å². The fourth-order valence-corrected chi connectivity index (χ4v) is 3.08. The highest BCUT2D eigenvalue weighted by atomic mass is 79.9. The molecule has 5 nitrogen and oxygen atoms in total. The molecule has 1 saturated heterocycles. The van der Waals surface area contributed by atoms with Crippen LogP contribution < -0.4 is 5.32 Å². The molecular formula is C15H16BrF3N4O. The van der Waals surface area contributed by atoms with Crippen LogP contribution in [0.4, 0.5) is 19.1 Å². The average molecular weight is 405 g/mol. The Labute approximate surface area is 145 Å². The van der Waals surface area contributed by atoms with Gasteiger partial charge < -0.3 is 9.73 Å². The van der Waals surface area contributed by atoms with Crippen LogP contribution in [0.25, 0.3) is 0 Å². The summed E-state index contributed by atoms with van der Waals surface area (Å²) in [4.78, 5) is 9.65. The van der Waals surface area contributed by atoms with Gasteiger partial charge in [-0.2, -0.15) is 13.2 Å². The molecule has 1 atom stereocenters. The number of hydrogen-bond acceptors (Lipinski definition) is 5. The van der Waals surface area contributed by atoms with Gasteiger partial charge in [0.25, 0.3) is 0 Å². The van der Waals surface area contributed by atoms with Crippen LogP contribution in [0.2, 0.25) is 0 Å². The number of hydrogen-bond donors (Lipinski definition) is 1. The molecule has 3 rings (SSSR count). The largest absolute Gasteiger partial charge is 0.453 e. The highest BCUT2D eigenvalue weighted by Crippen LogP contribution is 2.28. The van der Waals surface area contributed by atoms with Crippen molar-refractivity contribution in [3.63, 3.8) is 0 Å². The molecule has 0 bridgehead atoms. The molecule has 0 aliphatic carbocycles. The van der Waals surface area contributed by atoms with Crippen LogP contribution in [0.15, 0.2) is 33.5 Å². The van der Waals surface area contributed by atoms with Crippen LogP contribution >= 0.6 is 15.9 Å². The summed E-state index contributed by atoms with van der Waals surface area (Å²) in [5.74, 6) is 0.857. The molecule has 0 spiro atoms. The molecule has 0 amide bonds. The molecular weight excluding hydrogens is 389 g/mol. The van der Waals surface area contributed by atoms with Crippen molar-refractivity contribution in [2.75, 3.05) is 18.4 Å². The molecule has 0 radical (unpaired) electrons. The zero-order valence-corrected chi connectivity index (χ0v) is 14.3. The first-order valence-electron chi connectivity index (χ1n) is 7.53. The van der Waals surface area contributed by atoms with Crippen molar-refractivity contribution in [2.24, 2.45) is 0 Å². The molecule has 24 heavy (non-hydrogen) atoms. The van der Waals surface area contributed by atoms with E-state index >= 15 is 0 Å². The van der Waals surface area contributed by atoms with E-state index in [2.05, 4.69) is 36.1 Å². The maximum absolute atomic E-state index is 12.7. The van der Waals surface area contributed by atoms with Gasteiger partial charge in [0.15, 0.2) is 4.67 Å². The number of anilines is 1. The molecule has 2 aromatic rings. The van der Waals surface area contributed by atoms with Crippen LogP contribution in [0.1, 0.15) is 24.3 Å². The summed E-state index contributed by atoms with van der Waals surface area (Å²) in [6, 6.07) is 4.61. The predicted molar refractivity (Wildman–Crippen MR) is 85.4 cm³/mol. The predicted octanol–water partition coefficient (Wildman–Crippen LogP) is 3.93. The van der Waals surface area contributed by atoms with Crippen molar-refractivity contribution >= 4 is 21.9 Å². The lowest BCUT2D eigenvalue weighted by Gasteiger charge is -2.32. The second-order valence-electron chi connectivity index (χ2n) is 5.69. The average Bonchev–Trinajstić information content (AvgIpc) is 2.92. The lowest BCUT2D eigenvalue weighted by Crippen LogP contribution is -2.41. The Balaban J connectivity index is 1.61. The Morgan fingerprint density at radius 1 is 1.33 bits per heavy atom. The minimum atomic E-state index is -4.47. The Kier molecular flexibility index (Phi) is 5.09. The Hall–Kier alpha value is -1.61.